The Morgan fingerprint density at radius 2 is 1.48 bits per heavy atom. The van der Waals surface area contributed by atoms with Crippen LogP contribution in [0.1, 0.15) is 10.4 Å². The quantitative estimate of drug-likeness (QED) is 0.267. The first-order valence-corrected chi connectivity index (χ1v) is 9.07. The van der Waals surface area contributed by atoms with E-state index < -0.39 is 15.8 Å². The first-order chi connectivity index (χ1) is 14.8. The van der Waals surface area contributed by atoms with Crippen LogP contribution in [0.15, 0.2) is 71.3 Å². The van der Waals surface area contributed by atoms with Gasteiger partial charge in [0.25, 0.3) is 17.3 Å². The summed E-state index contributed by atoms with van der Waals surface area (Å²) in [5.41, 5.74) is -0.251. The Labute approximate surface area is 183 Å². The Morgan fingerprint density at radius 1 is 0.903 bits per heavy atom. The SMILES string of the molecule is O=C(c1ccncc1)N(N=Nc1ccc([N+](=O)[O-])cc1Cl)c1ccc([N+](=O)[O-])cc1Cl. The van der Waals surface area contributed by atoms with Crippen LogP contribution in [0.25, 0.3) is 0 Å². The molecule has 0 bridgehead atoms. The number of hydrogen-bond acceptors (Lipinski definition) is 8. The van der Waals surface area contributed by atoms with Crippen molar-refractivity contribution >= 4 is 51.9 Å². The van der Waals surface area contributed by atoms with Gasteiger partial charge in [-0.1, -0.05) is 28.4 Å². The average molecular weight is 461 g/mol. The number of aromatic nitrogens is 1. The molecule has 13 heteroatoms. The molecule has 1 heterocycles. The standard InChI is InChI=1S/C18H10Cl2N6O5/c19-14-9-12(25(28)29)1-3-16(14)22-23-24(18(27)11-5-7-21-8-6-11)17-4-2-13(26(30)31)10-15(17)20/h1-10H. The number of pyridine rings is 1. The number of anilines is 1. The molecule has 3 aromatic rings. The van der Waals surface area contributed by atoms with Crippen LogP contribution in [-0.2, 0) is 0 Å². The minimum Gasteiger partial charge on any atom is -0.267 e. The van der Waals surface area contributed by atoms with Gasteiger partial charge < -0.3 is 0 Å². The minimum absolute atomic E-state index is 0.0239. The highest BCUT2D eigenvalue weighted by Crippen LogP contribution is 2.33. The number of carbonyl (C=O) groups is 1. The fourth-order valence-corrected chi connectivity index (χ4v) is 2.85. The third kappa shape index (κ3) is 4.97. The molecular weight excluding hydrogens is 451 g/mol. The predicted octanol–water partition coefficient (Wildman–Crippen LogP) is 5.55. The molecule has 0 aliphatic carbocycles. The number of nitrogens with zero attached hydrogens (tertiary/aromatic N) is 6. The molecule has 1 amide bonds. The Hall–Kier alpha value is -3.96. The van der Waals surface area contributed by atoms with Gasteiger partial charge in [0.05, 0.1) is 25.6 Å². The topological polar surface area (TPSA) is 144 Å². The predicted molar refractivity (Wildman–Crippen MR) is 112 cm³/mol. The third-order valence-electron chi connectivity index (χ3n) is 3.87. The van der Waals surface area contributed by atoms with Gasteiger partial charge >= 0.3 is 0 Å². The number of benzene rings is 2. The zero-order valence-electron chi connectivity index (χ0n) is 15.3. The number of halogens is 2. The number of nitro groups is 2. The second-order valence-corrected chi connectivity index (χ2v) is 6.64. The van der Waals surface area contributed by atoms with Gasteiger partial charge in [0, 0.05) is 42.2 Å². The molecule has 0 radical (unpaired) electrons. The molecule has 156 valence electrons. The molecule has 11 nitrogen and oxygen atoms in total. The zero-order chi connectivity index (χ0) is 22.5. The van der Waals surface area contributed by atoms with Crippen molar-refractivity contribution in [2.45, 2.75) is 0 Å². The molecule has 0 saturated heterocycles. The zero-order valence-corrected chi connectivity index (χ0v) is 16.8. The van der Waals surface area contributed by atoms with Crippen LogP contribution in [0.2, 0.25) is 10.0 Å². The largest absolute Gasteiger partial charge is 0.280 e. The van der Waals surface area contributed by atoms with Crippen molar-refractivity contribution < 1.29 is 14.6 Å². The third-order valence-corrected chi connectivity index (χ3v) is 4.48. The van der Waals surface area contributed by atoms with E-state index >= 15 is 0 Å². The van der Waals surface area contributed by atoms with Gasteiger partial charge in [-0.15, -0.1) is 5.11 Å². The molecule has 3 rings (SSSR count). The van der Waals surface area contributed by atoms with E-state index in [2.05, 4.69) is 15.3 Å². The Morgan fingerprint density at radius 3 is 2.03 bits per heavy atom. The van der Waals surface area contributed by atoms with E-state index in [1.54, 1.807) is 0 Å². The van der Waals surface area contributed by atoms with Gasteiger partial charge in [-0.25, -0.2) is 0 Å². The van der Waals surface area contributed by atoms with E-state index in [1.807, 2.05) is 0 Å². The number of nitro benzene ring substituents is 2. The van der Waals surface area contributed by atoms with E-state index in [0.29, 0.717) is 0 Å². The van der Waals surface area contributed by atoms with Crippen LogP contribution in [0, 0.1) is 20.2 Å². The van der Waals surface area contributed by atoms with Crippen LogP contribution in [0.4, 0.5) is 22.7 Å². The summed E-state index contributed by atoms with van der Waals surface area (Å²) in [6.07, 6.45) is 2.79. The molecule has 0 N–H and O–H groups in total. The highest BCUT2D eigenvalue weighted by molar-refractivity contribution is 6.34. The maximum absolute atomic E-state index is 13.0. The van der Waals surface area contributed by atoms with Crippen molar-refractivity contribution in [3.63, 3.8) is 0 Å². The highest BCUT2D eigenvalue weighted by atomic mass is 35.5. The van der Waals surface area contributed by atoms with Gasteiger partial charge in [-0.05, 0) is 24.3 Å². The van der Waals surface area contributed by atoms with E-state index in [9.17, 15) is 25.0 Å². The van der Waals surface area contributed by atoms with Crippen LogP contribution in [-0.4, -0.2) is 20.7 Å². The molecule has 0 spiro atoms. The molecule has 0 saturated carbocycles. The summed E-state index contributed by atoms with van der Waals surface area (Å²) in [5.74, 6) is -0.653. The molecular formula is C18H10Cl2N6O5. The summed E-state index contributed by atoms with van der Waals surface area (Å²) in [4.78, 5) is 37.4. The Kier molecular flexibility index (Phi) is 6.48. The second-order valence-electron chi connectivity index (χ2n) is 5.83. The maximum Gasteiger partial charge on any atom is 0.280 e. The van der Waals surface area contributed by atoms with Crippen LogP contribution in [0.5, 0.6) is 0 Å². The fraction of sp³-hybridized carbons (Fsp3) is 0. The summed E-state index contributed by atoms with van der Waals surface area (Å²) >= 11 is 12.2. The van der Waals surface area contributed by atoms with E-state index in [-0.39, 0.29) is 38.4 Å². The van der Waals surface area contributed by atoms with E-state index in [4.69, 9.17) is 23.2 Å². The van der Waals surface area contributed by atoms with E-state index in [1.165, 1.54) is 42.7 Å². The van der Waals surface area contributed by atoms with Crippen molar-refractivity contribution in [3.05, 3.63) is 96.8 Å². The van der Waals surface area contributed by atoms with Crippen molar-refractivity contribution in [3.8, 4) is 0 Å². The van der Waals surface area contributed by atoms with Crippen LogP contribution in [0.3, 0.4) is 0 Å². The molecule has 0 atom stereocenters. The fourth-order valence-electron chi connectivity index (χ4n) is 2.38. The average Bonchev–Trinajstić information content (AvgIpc) is 2.75. The lowest BCUT2D eigenvalue weighted by Gasteiger charge is -2.17. The summed E-state index contributed by atoms with van der Waals surface area (Å²) in [7, 11) is 0. The minimum atomic E-state index is -0.653. The molecule has 0 unspecified atom stereocenters. The number of non-ortho nitro benzene ring substituents is 2. The number of rotatable bonds is 6. The van der Waals surface area contributed by atoms with Gasteiger partial charge in [0.15, 0.2) is 0 Å². The maximum atomic E-state index is 13.0. The molecule has 0 aliphatic rings. The Bertz CT molecular complexity index is 1210. The number of amides is 1. The first kappa shape index (κ1) is 21.7. The smallest absolute Gasteiger partial charge is 0.267 e. The second kappa shape index (κ2) is 9.24. The number of carbonyl (C=O) groups excluding carboxylic acids is 1. The highest BCUT2D eigenvalue weighted by Gasteiger charge is 2.22. The van der Waals surface area contributed by atoms with Gasteiger partial charge in [0.1, 0.15) is 5.69 Å². The Balaban J connectivity index is 2.05. The van der Waals surface area contributed by atoms with Crippen LogP contribution < -0.4 is 5.01 Å². The monoisotopic (exact) mass is 460 g/mol. The normalized spacial score (nSPS) is 10.8. The summed E-state index contributed by atoms with van der Waals surface area (Å²) in [6.45, 7) is 0. The lowest BCUT2D eigenvalue weighted by Crippen LogP contribution is -2.25. The first-order valence-electron chi connectivity index (χ1n) is 8.32. The molecule has 1 aromatic heterocycles. The van der Waals surface area contributed by atoms with Crippen molar-refractivity contribution in [2.24, 2.45) is 10.3 Å². The molecule has 2 aromatic carbocycles. The van der Waals surface area contributed by atoms with Crippen molar-refractivity contribution in [2.75, 3.05) is 5.01 Å². The van der Waals surface area contributed by atoms with Gasteiger partial charge in [-0.3, -0.25) is 30.0 Å². The molecule has 0 fully saturated rings. The summed E-state index contributed by atoms with van der Waals surface area (Å²) in [6, 6.07) is 9.86. The van der Waals surface area contributed by atoms with Crippen LogP contribution >= 0.6 is 23.2 Å². The lowest BCUT2D eigenvalue weighted by molar-refractivity contribution is -0.385. The molecule has 31 heavy (non-hydrogen) atoms. The van der Waals surface area contributed by atoms with Gasteiger partial charge in [-0.2, -0.15) is 5.01 Å². The van der Waals surface area contributed by atoms with Crippen molar-refractivity contribution in [1.82, 2.24) is 4.98 Å². The summed E-state index contributed by atoms with van der Waals surface area (Å²) in [5, 5.41) is 30.2. The number of hydrogen-bond donors (Lipinski definition) is 0. The van der Waals surface area contributed by atoms with E-state index in [0.717, 1.165) is 23.2 Å². The van der Waals surface area contributed by atoms with Gasteiger partial charge in [0.2, 0.25) is 0 Å². The van der Waals surface area contributed by atoms with Crippen molar-refractivity contribution in [1.29, 1.82) is 0 Å². The summed E-state index contributed by atoms with van der Waals surface area (Å²) < 4.78 is 0. The lowest BCUT2D eigenvalue weighted by atomic mass is 10.2. The molecule has 0 aliphatic heterocycles.